The van der Waals surface area contributed by atoms with Gasteiger partial charge in [-0.2, -0.15) is 0 Å². The van der Waals surface area contributed by atoms with E-state index in [0.717, 1.165) is 11.1 Å². The van der Waals surface area contributed by atoms with Gasteiger partial charge in [0.15, 0.2) is 0 Å². The third-order valence-electron chi connectivity index (χ3n) is 7.15. The summed E-state index contributed by atoms with van der Waals surface area (Å²) in [7, 11) is -1.22. The van der Waals surface area contributed by atoms with Crippen LogP contribution in [0.25, 0.3) is 0 Å². The smallest absolute Gasteiger partial charge is 0.487 e. The Morgan fingerprint density at radius 3 is 2.62 bits per heavy atom. The molecule has 0 saturated carbocycles. The highest BCUT2D eigenvalue weighted by molar-refractivity contribution is 6.53. The number of phenolic OH excluding ortho intramolecular Hbond substituents is 1. The van der Waals surface area contributed by atoms with Gasteiger partial charge in [0, 0.05) is 6.54 Å². The van der Waals surface area contributed by atoms with E-state index in [9.17, 15) is 19.7 Å². The third kappa shape index (κ3) is 4.01. The number of likely N-dealkylation sites (tertiary alicyclic amines) is 1. The average molecular weight is 461 g/mol. The van der Waals surface area contributed by atoms with Crippen molar-refractivity contribution in [1.29, 1.82) is 0 Å². The molecule has 0 spiro atoms. The van der Waals surface area contributed by atoms with Crippen LogP contribution in [0, 0.1) is 17.8 Å². The fourth-order valence-corrected chi connectivity index (χ4v) is 5.68. The van der Waals surface area contributed by atoms with Gasteiger partial charge in [-0.05, 0) is 66.1 Å². The average Bonchev–Trinajstić information content (AvgIpc) is 3.08. The minimum absolute atomic E-state index is 0.108. The van der Waals surface area contributed by atoms with Gasteiger partial charge in [0.05, 0.1) is 17.9 Å². The molecule has 1 aliphatic carbocycles. The molecule has 2 saturated heterocycles. The monoisotopic (exact) mass is 461 g/mol. The molecular formula is C26H28BNO6. The summed E-state index contributed by atoms with van der Waals surface area (Å²) in [4.78, 5) is 28.0. The molecular weight excluding hydrogens is 433 g/mol. The first-order valence-electron chi connectivity index (χ1n) is 11.8. The SMILES string of the molecule is CCCN1C(=O)[C@H]2[C@H](CC(COc3ccccc3)=C3B(O)O[C@H](c4cccc(O)c4)C[C@H]32)C1=O. The van der Waals surface area contributed by atoms with Gasteiger partial charge in [-0.15, -0.1) is 0 Å². The van der Waals surface area contributed by atoms with Gasteiger partial charge in [-0.25, -0.2) is 0 Å². The van der Waals surface area contributed by atoms with Gasteiger partial charge >= 0.3 is 7.12 Å². The summed E-state index contributed by atoms with van der Waals surface area (Å²) < 4.78 is 12.0. The lowest BCUT2D eigenvalue weighted by Crippen LogP contribution is -2.45. The number of hydrogen-bond donors (Lipinski definition) is 2. The molecule has 0 bridgehead atoms. The number of amides is 2. The summed E-state index contributed by atoms with van der Waals surface area (Å²) in [5.74, 6) is -0.821. The zero-order valence-corrected chi connectivity index (χ0v) is 19.1. The summed E-state index contributed by atoms with van der Waals surface area (Å²) in [6, 6.07) is 16.1. The molecule has 0 unspecified atom stereocenters. The molecule has 2 fully saturated rings. The number of hydrogen-bond acceptors (Lipinski definition) is 6. The maximum Gasteiger partial charge on any atom is 0.487 e. The van der Waals surface area contributed by atoms with E-state index in [1.807, 2.05) is 43.3 Å². The van der Waals surface area contributed by atoms with E-state index < -0.39 is 25.1 Å². The maximum atomic E-state index is 13.4. The number of nitrogens with zero attached hydrogens (tertiary/aromatic N) is 1. The normalized spacial score (nSPS) is 26.5. The van der Waals surface area contributed by atoms with E-state index in [1.54, 1.807) is 18.2 Å². The standard InChI is InChI=1S/C26H28BNO6/c1-2-11-28-25(30)21-13-17(15-33-19-9-4-3-5-10-19)24-20(23(21)26(28)31)14-22(34-27(24)32)16-7-6-8-18(29)12-16/h3-10,12,20-23,29,32H,2,11,13-15H2,1H3/t20-,21-,22-,23+/m0/s1. The Hall–Kier alpha value is -3.10. The quantitative estimate of drug-likeness (QED) is 0.507. The molecule has 4 atom stereocenters. The van der Waals surface area contributed by atoms with Gasteiger partial charge in [0.1, 0.15) is 18.1 Å². The second-order valence-corrected chi connectivity index (χ2v) is 9.24. The Morgan fingerprint density at radius 2 is 1.88 bits per heavy atom. The van der Waals surface area contributed by atoms with E-state index in [2.05, 4.69) is 0 Å². The van der Waals surface area contributed by atoms with Gasteiger partial charge < -0.3 is 19.5 Å². The zero-order chi connectivity index (χ0) is 23.8. The number of para-hydroxylation sites is 1. The summed E-state index contributed by atoms with van der Waals surface area (Å²) >= 11 is 0. The third-order valence-corrected chi connectivity index (χ3v) is 7.15. The molecule has 2 aliphatic heterocycles. The largest absolute Gasteiger partial charge is 0.508 e. The van der Waals surface area contributed by atoms with Crippen molar-refractivity contribution in [3.63, 3.8) is 0 Å². The van der Waals surface area contributed by atoms with Gasteiger partial charge in [0.2, 0.25) is 11.8 Å². The minimum atomic E-state index is -1.22. The van der Waals surface area contributed by atoms with Crippen LogP contribution in [0.1, 0.15) is 37.9 Å². The van der Waals surface area contributed by atoms with Crippen molar-refractivity contribution in [3.05, 3.63) is 71.2 Å². The first-order chi connectivity index (χ1) is 16.5. The fraction of sp³-hybridized carbons (Fsp3) is 0.385. The lowest BCUT2D eigenvalue weighted by molar-refractivity contribution is -0.140. The first kappa shape index (κ1) is 22.7. The second-order valence-electron chi connectivity index (χ2n) is 9.24. The van der Waals surface area contributed by atoms with E-state index >= 15 is 0 Å². The molecule has 3 aliphatic rings. The molecule has 176 valence electrons. The highest BCUT2D eigenvalue weighted by Crippen LogP contribution is 2.51. The van der Waals surface area contributed by atoms with Gasteiger partial charge in [-0.1, -0.05) is 37.3 Å². The van der Waals surface area contributed by atoms with Crippen molar-refractivity contribution in [2.75, 3.05) is 13.2 Å². The molecule has 5 rings (SSSR count). The predicted octanol–water partition coefficient (Wildman–Crippen LogP) is 3.28. The van der Waals surface area contributed by atoms with Gasteiger partial charge in [0.25, 0.3) is 0 Å². The van der Waals surface area contributed by atoms with Gasteiger partial charge in [-0.3, -0.25) is 14.5 Å². The maximum absolute atomic E-state index is 13.4. The van der Waals surface area contributed by atoms with Crippen molar-refractivity contribution < 1.29 is 29.1 Å². The molecule has 7 nitrogen and oxygen atoms in total. The molecule has 2 aromatic carbocycles. The molecule has 2 amide bonds. The van der Waals surface area contributed by atoms with E-state index in [4.69, 9.17) is 9.39 Å². The lowest BCUT2D eigenvalue weighted by Gasteiger charge is -2.42. The van der Waals surface area contributed by atoms with Crippen molar-refractivity contribution in [2.24, 2.45) is 17.8 Å². The minimum Gasteiger partial charge on any atom is -0.508 e. The van der Waals surface area contributed by atoms with E-state index in [1.165, 1.54) is 4.90 Å². The number of aromatic hydroxyl groups is 1. The number of carbonyl (C=O) groups is 2. The summed E-state index contributed by atoms with van der Waals surface area (Å²) in [5, 5.41) is 21.0. The number of imide groups is 1. The van der Waals surface area contributed by atoms with Crippen LogP contribution in [0.3, 0.4) is 0 Å². The van der Waals surface area contributed by atoms with Crippen molar-refractivity contribution >= 4 is 18.9 Å². The van der Waals surface area contributed by atoms with E-state index in [-0.39, 0.29) is 30.1 Å². The molecule has 34 heavy (non-hydrogen) atoms. The van der Waals surface area contributed by atoms with Crippen LogP contribution in [0.4, 0.5) is 0 Å². The van der Waals surface area contributed by atoms with Crippen LogP contribution in [-0.2, 0) is 14.2 Å². The topological polar surface area (TPSA) is 96.3 Å². The Balaban J connectivity index is 1.50. The highest BCUT2D eigenvalue weighted by atomic mass is 16.5. The number of carbonyl (C=O) groups excluding carboxylic acids is 2. The lowest BCUT2D eigenvalue weighted by atomic mass is 9.55. The molecule has 8 heteroatoms. The summed E-state index contributed by atoms with van der Waals surface area (Å²) in [6.07, 6.45) is 0.994. The Bertz CT molecular complexity index is 1120. The van der Waals surface area contributed by atoms with Crippen LogP contribution in [0.15, 0.2) is 65.6 Å². The molecule has 2 heterocycles. The Kier molecular flexibility index (Phi) is 6.19. The number of ether oxygens (including phenoxy) is 1. The number of allylic oxidation sites excluding steroid dienone is 1. The van der Waals surface area contributed by atoms with Crippen LogP contribution in [-0.4, -0.2) is 47.1 Å². The second kappa shape index (κ2) is 9.27. The van der Waals surface area contributed by atoms with E-state index in [0.29, 0.717) is 37.0 Å². The Labute approximate surface area is 199 Å². The van der Waals surface area contributed by atoms with Crippen LogP contribution >= 0.6 is 0 Å². The van der Waals surface area contributed by atoms with Crippen LogP contribution in [0.5, 0.6) is 11.5 Å². The number of rotatable bonds is 6. The highest BCUT2D eigenvalue weighted by Gasteiger charge is 2.57. The van der Waals surface area contributed by atoms with Crippen molar-refractivity contribution in [1.82, 2.24) is 4.90 Å². The first-order valence-corrected chi connectivity index (χ1v) is 11.8. The van der Waals surface area contributed by atoms with Crippen molar-refractivity contribution in [3.8, 4) is 11.5 Å². The van der Waals surface area contributed by atoms with Crippen LogP contribution < -0.4 is 4.74 Å². The number of benzene rings is 2. The van der Waals surface area contributed by atoms with Crippen molar-refractivity contribution in [2.45, 2.75) is 32.3 Å². The summed E-state index contributed by atoms with van der Waals surface area (Å²) in [6.45, 7) is 2.56. The molecule has 0 radical (unpaired) electrons. The molecule has 0 aromatic heterocycles. The van der Waals surface area contributed by atoms with Crippen LogP contribution in [0.2, 0.25) is 0 Å². The fourth-order valence-electron chi connectivity index (χ4n) is 5.68. The number of phenols is 1. The number of fused-ring (bicyclic) bond motifs is 3. The molecule has 2 N–H and O–H groups in total. The predicted molar refractivity (Wildman–Crippen MR) is 126 cm³/mol. The molecule has 2 aromatic rings. The summed E-state index contributed by atoms with van der Waals surface area (Å²) in [5.41, 5.74) is 2.20. The zero-order valence-electron chi connectivity index (χ0n) is 19.1. The Morgan fingerprint density at radius 1 is 1.09 bits per heavy atom.